The molecule has 0 aliphatic heterocycles. The van der Waals surface area contributed by atoms with Crippen molar-refractivity contribution >= 4 is 50.7 Å². The smallest absolute Gasteiger partial charge is 0.264 e. The average Bonchev–Trinajstić information content (AvgIpc) is 2.91. The molecule has 3 aromatic rings. The first-order chi connectivity index (χ1) is 17.6. The zero-order chi connectivity index (χ0) is 27.2. The van der Waals surface area contributed by atoms with Gasteiger partial charge in [-0.2, -0.15) is 0 Å². The molecule has 0 saturated carbocycles. The standard InChI is InChI=1S/C26H27Cl2N3O5S/c1-18(26(33)29-2)30(16-19-12-13-23(27)24(28)14-19)25(32)17-31(20-8-7-9-21(15-20)36-3)37(34,35)22-10-5-4-6-11-22/h4-15,18H,16-17H2,1-3H3,(H,29,33)/t18-/m0/s1. The molecular weight excluding hydrogens is 537 g/mol. The number of rotatable bonds is 10. The average molecular weight is 564 g/mol. The lowest BCUT2D eigenvalue weighted by Gasteiger charge is -2.32. The molecule has 0 aromatic heterocycles. The summed E-state index contributed by atoms with van der Waals surface area (Å²) in [4.78, 5) is 27.6. The third-order valence-corrected chi connectivity index (χ3v) is 8.23. The molecule has 196 valence electrons. The number of anilines is 1. The Kier molecular flexibility index (Phi) is 9.42. The lowest BCUT2D eigenvalue weighted by molar-refractivity contribution is -0.139. The van der Waals surface area contributed by atoms with Crippen LogP contribution in [0.25, 0.3) is 0 Å². The quantitative estimate of drug-likeness (QED) is 0.395. The molecule has 0 aliphatic rings. The summed E-state index contributed by atoms with van der Waals surface area (Å²) in [6.45, 7) is 1.00. The minimum Gasteiger partial charge on any atom is -0.497 e. The van der Waals surface area contributed by atoms with Crippen molar-refractivity contribution in [3.8, 4) is 5.75 Å². The number of halogens is 2. The van der Waals surface area contributed by atoms with E-state index in [1.54, 1.807) is 61.5 Å². The van der Waals surface area contributed by atoms with E-state index >= 15 is 0 Å². The second-order valence-corrected chi connectivity index (χ2v) is 10.8. The number of benzene rings is 3. The Balaban J connectivity index is 2.04. The maximum Gasteiger partial charge on any atom is 0.264 e. The highest BCUT2D eigenvalue weighted by Crippen LogP contribution is 2.28. The van der Waals surface area contributed by atoms with E-state index in [4.69, 9.17) is 27.9 Å². The first-order valence-corrected chi connectivity index (χ1v) is 13.4. The summed E-state index contributed by atoms with van der Waals surface area (Å²) in [5.74, 6) is -0.582. The van der Waals surface area contributed by atoms with Gasteiger partial charge in [0, 0.05) is 19.7 Å². The summed E-state index contributed by atoms with van der Waals surface area (Å²) in [6, 6.07) is 18.2. The Hall–Kier alpha value is -3.27. The molecule has 3 rings (SSSR count). The molecule has 0 bridgehead atoms. The van der Waals surface area contributed by atoms with E-state index in [9.17, 15) is 18.0 Å². The Morgan fingerprint density at radius 2 is 1.68 bits per heavy atom. The number of carbonyl (C=O) groups excluding carboxylic acids is 2. The summed E-state index contributed by atoms with van der Waals surface area (Å²) >= 11 is 12.2. The molecule has 0 unspecified atom stereocenters. The van der Waals surface area contributed by atoms with Crippen LogP contribution in [0.5, 0.6) is 5.75 Å². The largest absolute Gasteiger partial charge is 0.497 e. The Labute approximate surface area is 226 Å². The molecular formula is C26H27Cl2N3O5S. The fourth-order valence-corrected chi connectivity index (χ4v) is 5.39. The third kappa shape index (κ3) is 6.74. The summed E-state index contributed by atoms with van der Waals surface area (Å²) in [6.07, 6.45) is 0. The number of amides is 2. The molecule has 1 atom stereocenters. The fraction of sp³-hybridized carbons (Fsp3) is 0.231. The van der Waals surface area contributed by atoms with Crippen molar-refractivity contribution in [1.82, 2.24) is 10.2 Å². The van der Waals surface area contributed by atoms with Crippen molar-refractivity contribution in [2.75, 3.05) is 25.0 Å². The number of hydrogen-bond acceptors (Lipinski definition) is 5. The number of nitrogens with zero attached hydrogens (tertiary/aromatic N) is 2. The van der Waals surface area contributed by atoms with E-state index in [0.717, 1.165) is 4.31 Å². The van der Waals surface area contributed by atoms with Crippen LogP contribution < -0.4 is 14.4 Å². The monoisotopic (exact) mass is 563 g/mol. The van der Waals surface area contributed by atoms with Gasteiger partial charge < -0.3 is 15.0 Å². The van der Waals surface area contributed by atoms with Gasteiger partial charge in [-0.3, -0.25) is 13.9 Å². The predicted molar refractivity (Wildman–Crippen MR) is 145 cm³/mol. The molecule has 11 heteroatoms. The van der Waals surface area contributed by atoms with E-state index < -0.39 is 34.4 Å². The maximum atomic E-state index is 13.7. The van der Waals surface area contributed by atoms with Crippen LogP contribution in [0.3, 0.4) is 0 Å². The zero-order valence-electron chi connectivity index (χ0n) is 20.5. The van der Waals surface area contributed by atoms with Crippen LogP contribution in [-0.2, 0) is 26.2 Å². The second-order valence-electron chi connectivity index (χ2n) is 8.09. The Morgan fingerprint density at radius 1 is 0.973 bits per heavy atom. The molecule has 0 aliphatic carbocycles. The normalized spacial score (nSPS) is 11.9. The molecule has 0 heterocycles. The van der Waals surface area contributed by atoms with E-state index in [0.29, 0.717) is 21.4 Å². The van der Waals surface area contributed by atoms with Crippen molar-refractivity contribution in [1.29, 1.82) is 0 Å². The van der Waals surface area contributed by atoms with Crippen LogP contribution in [0.2, 0.25) is 10.0 Å². The lowest BCUT2D eigenvalue weighted by atomic mass is 10.1. The number of sulfonamides is 1. The highest BCUT2D eigenvalue weighted by molar-refractivity contribution is 7.92. The van der Waals surface area contributed by atoms with Gasteiger partial charge in [0.1, 0.15) is 18.3 Å². The molecule has 0 radical (unpaired) electrons. The summed E-state index contributed by atoms with van der Waals surface area (Å²) in [7, 11) is -1.23. The first-order valence-electron chi connectivity index (χ1n) is 11.2. The number of ether oxygens (including phenoxy) is 1. The van der Waals surface area contributed by atoms with E-state index in [1.807, 2.05) is 0 Å². The van der Waals surface area contributed by atoms with Crippen LogP contribution in [0.1, 0.15) is 12.5 Å². The van der Waals surface area contributed by atoms with Crippen LogP contribution in [0.4, 0.5) is 5.69 Å². The number of likely N-dealkylation sites (N-methyl/N-ethyl adjacent to an activating group) is 1. The van der Waals surface area contributed by atoms with Crippen molar-refractivity contribution in [3.63, 3.8) is 0 Å². The number of nitrogens with one attached hydrogen (secondary N) is 1. The molecule has 0 saturated heterocycles. The topological polar surface area (TPSA) is 96.0 Å². The Morgan fingerprint density at radius 3 is 2.30 bits per heavy atom. The molecule has 3 aromatic carbocycles. The third-order valence-electron chi connectivity index (χ3n) is 5.70. The lowest BCUT2D eigenvalue weighted by Crippen LogP contribution is -2.50. The summed E-state index contributed by atoms with van der Waals surface area (Å²) in [5.41, 5.74) is 0.857. The van der Waals surface area contributed by atoms with Gasteiger partial charge in [-0.05, 0) is 48.9 Å². The van der Waals surface area contributed by atoms with Crippen LogP contribution in [0, 0.1) is 0 Å². The minimum atomic E-state index is -4.15. The highest BCUT2D eigenvalue weighted by Gasteiger charge is 2.32. The summed E-state index contributed by atoms with van der Waals surface area (Å²) in [5, 5.41) is 3.18. The van der Waals surface area contributed by atoms with Gasteiger partial charge >= 0.3 is 0 Å². The maximum absolute atomic E-state index is 13.7. The van der Waals surface area contributed by atoms with Gasteiger partial charge in [-0.25, -0.2) is 8.42 Å². The SMILES string of the molecule is CNC(=O)[C@H](C)N(Cc1ccc(Cl)c(Cl)c1)C(=O)CN(c1cccc(OC)c1)S(=O)(=O)c1ccccc1. The molecule has 2 amide bonds. The zero-order valence-corrected chi connectivity index (χ0v) is 22.8. The van der Waals surface area contributed by atoms with E-state index in [1.165, 1.54) is 37.3 Å². The van der Waals surface area contributed by atoms with Crippen LogP contribution in [-0.4, -0.2) is 51.9 Å². The fourth-order valence-electron chi connectivity index (χ4n) is 3.64. The van der Waals surface area contributed by atoms with Crippen molar-refractivity contribution in [2.45, 2.75) is 24.4 Å². The van der Waals surface area contributed by atoms with Gasteiger partial charge in [0.05, 0.1) is 27.7 Å². The van der Waals surface area contributed by atoms with Gasteiger partial charge in [-0.15, -0.1) is 0 Å². The molecule has 0 fully saturated rings. The van der Waals surface area contributed by atoms with E-state index in [-0.39, 0.29) is 17.1 Å². The minimum absolute atomic E-state index is 0.00163. The van der Waals surface area contributed by atoms with Crippen molar-refractivity contribution in [2.24, 2.45) is 0 Å². The first kappa shape index (κ1) is 28.3. The number of methoxy groups -OCH3 is 1. The molecule has 37 heavy (non-hydrogen) atoms. The van der Waals surface area contributed by atoms with E-state index in [2.05, 4.69) is 5.32 Å². The molecule has 1 N–H and O–H groups in total. The van der Waals surface area contributed by atoms with Gasteiger partial charge in [0.15, 0.2) is 0 Å². The molecule has 0 spiro atoms. The predicted octanol–water partition coefficient (Wildman–Crippen LogP) is 4.36. The van der Waals surface area contributed by atoms with Gasteiger partial charge in [-0.1, -0.05) is 53.5 Å². The van der Waals surface area contributed by atoms with Crippen molar-refractivity contribution < 1.29 is 22.7 Å². The summed E-state index contributed by atoms with van der Waals surface area (Å²) < 4.78 is 33.7. The number of carbonyl (C=O) groups is 2. The van der Waals surface area contributed by atoms with Crippen LogP contribution in [0.15, 0.2) is 77.7 Å². The highest BCUT2D eigenvalue weighted by atomic mass is 35.5. The van der Waals surface area contributed by atoms with Gasteiger partial charge in [0.2, 0.25) is 11.8 Å². The van der Waals surface area contributed by atoms with Gasteiger partial charge in [0.25, 0.3) is 10.0 Å². The second kappa shape index (κ2) is 12.3. The number of hydrogen-bond donors (Lipinski definition) is 1. The van der Waals surface area contributed by atoms with Crippen LogP contribution >= 0.6 is 23.2 Å². The Bertz CT molecular complexity index is 1370. The molecule has 8 nitrogen and oxygen atoms in total. The van der Waals surface area contributed by atoms with Crippen molar-refractivity contribution in [3.05, 3.63) is 88.4 Å².